The van der Waals surface area contributed by atoms with E-state index in [9.17, 15) is 4.79 Å². The highest BCUT2D eigenvalue weighted by Crippen LogP contribution is 1.86. The summed E-state index contributed by atoms with van der Waals surface area (Å²) in [5.74, 6) is 0. The lowest BCUT2D eigenvalue weighted by Crippen LogP contribution is -2.34. The van der Waals surface area contributed by atoms with E-state index in [1.807, 2.05) is 0 Å². The molecule has 0 aromatic rings. The average Bonchev–Trinajstić information content (AvgIpc) is 1.67. The summed E-state index contributed by atoms with van der Waals surface area (Å²) in [6, 6.07) is 0. The number of hydrogen-bond acceptors (Lipinski definition) is 4. The fourth-order valence-electron chi connectivity index (χ4n) is 0.178. The lowest BCUT2D eigenvalue weighted by Gasteiger charge is -2.10. The second-order valence-electron chi connectivity index (χ2n) is 1.44. The number of nitrogens with two attached hydrogens (primary N) is 1. The third-order valence-electron chi connectivity index (χ3n) is 0.688. The topological polar surface area (TPSA) is 72.6 Å². The monoisotopic (exact) mass is 119 g/mol. The van der Waals surface area contributed by atoms with Crippen molar-refractivity contribution in [1.82, 2.24) is 0 Å². The van der Waals surface area contributed by atoms with E-state index in [0.717, 1.165) is 0 Å². The van der Waals surface area contributed by atoms with Crippen molar-refractivity contribution in [2.45, 2.75) is 19.3 Å². The zero-order valence-electron chi connectivity index (χ0n) is 4.57. The van der Waals surface area contributed by atoms with Gasteiger partial charge in [0.1, 0.15) is 6.10 Å². The zero-order valence-corrected chi connectivity index (χ0v) is 4.57. The number of rotatable bonds is 3. The highest BCUT2D eigenvalue weighted by molar-refractivity contribution is 5.37. The first kappa shape index (κ1) is 7.39. The number of carbonyl (C=O) groups excluding carboxylic acids is 1. The molecular weight excluding hydrogens is 110 g/mol. The van der Waals surface area contributed by atoms with E-state index in [-0.39, 0.29) is 6.47 Å². The normalized spacial score (nSPS) is 16.9. The number of aliphatic hydroxyl groups excluding tert-OH is 1. The second kappa shape index (κ2) is 3.40. The molecule has 0 rings (SSSR count). The van der Waals surface area contributed by atoms with Gasteiger partial charge in [0.25, 0.3) is 6.47 Å². The van der Waals surface area contributed by atoms with Crippen molar-refractivity contribution in [2.75, 3.05) is 0 Å². The highest BCUT2D eigenvalue weighted by Gasteiger charge is 2.07. The van der Waals surface area contributed by atoms with Gasteiger partial charge in [0, 0.05) is 0 Å². The summed E-state index contributed by atoms with van der Waals surface area (Å²) < 4.78 is 4.15. The van der Waals surface area contributed by atoms with Gasteiger partial charge in [-0.05, 0) is 6.92 Å². The molecule has 0 spiro atoms. The van der Waals surface area contributed by atoms with Crippen molar-refractivity contribution in [3.63, 3.8) is 0 Å². The summed E-state index contributed by atoms with van der Waals surface area (Å²) in [6.07, 6.45) is -1.70. The predicted octanol–water partition coefficient (Wildman–Crippen LogP) is -1.17. The summed E-state index contributed by atoms with van der Waals surface area (Å²) in [5, 5.41) is 8.54. The van der Waals surface area contributed by atoms with Gasteiger partial charge in [-0.2, -0.15) is 0 Å². The fourth-order valence-corrected chi connectivity index (χ4v) is 0.178. The van der Waals surface area contributed by atoms with Gasteiger partial charge in [-0.15, -0.1) is 0 Å². The number of hydrogen-bond donors (Lipinski definition) is 2. The largest absolute Gasteiger partial charge is 0.446 e. The predicted molar refractivity (Wildman–Crippen MR) is 26.8 cm³/mol. The Kier molecular flexibility index (Phi) is 3.14. The molecule has 3 N–H and O–H groups in total. The minimum Gasteiger partial charge on any atom is -0.446 e. The van der Waals surface area contributed by atoms with Crippen LogP contribution >= 0.6 is 0 Å². The molecule has 0 saturated heterocycles. The van der Waals surface area contributed by atoms with Crippen LogP contribution in [-0.4, -0.2) is 23.9 Å². The molecule has 0 aliphatic heterocycles. The molecule has 4 heteroatoms. The molecule has 4 nitrogen and oxygen atoms in total. The Balaban J connectivity index is 3.30. The van der Waals surface area contributed by atoms with Gasteiger partial charge < -0.3 is 9.84 Å². The average molecular weight is 119 g/mol. The molecule has 0 amide bonds. The van der Waals surface area contributed by atoms with Gasteiger partial charge >= 0.3 is 0 Å². The van der Waals surface area contributed by atoms with E-state index in [4.69, 9.17) is 10.8 Å². The first-order valence-electron chi connectivity index (χ1n) is 2.21. The van der Waals surface area contributed by atoms with Gasteiger partial charge in [-0.3, -0.25) is 10.5 Å². The summed E-state index contributed by atoms with van der Waals surface area (Å²) in [4.78, 5) is 9.51. The van der Waals surface area contributed by atoms with Crippen molar-refractivity contribution in [2.24, 2.45) is 5.73 Å². The molecule has 0 radical (unpaired) electrons. The molecular formula is C4H9NO3. The van der Waals surface area contributed by atoms with E-state index in [2.05, 4.69) is 4.74 Å². The molecule has 0 heterocycles. The van der Waals surface area contributed by atoms with Crippen LogP contribution in [0.2, 0.25) is 0 Å². The fraction of sp³-hybridized carbons (Fsp3) is 0.750. The molecule has 2 atom stereocenters. The maximum absolute atomic E-state index is 9.51. The van der Waals surface area contributed by atoms with Crippen LogP contribution in [0.3, 0.4) is 0 Å². The molecule has 0 saturated carbocycles. The molecule has 0 bridgehead atoms. The van der Waals surface area contributed by atoms with Crippen LogP contribution in [0, 0.1) is 0 Å². The standard InChI is InChI=1S/C4H9NO3/c1-3(7)4(5)8-2-6/h2-4,7H,5H2,1H3. The Morgan fingerprint density at radius 2 is 2.38 bits per heavy atom. The SMILES string of the molecule is CC(O)C(N)OC=O. The molecule has 2 unspecified atom stereocenters. The lowest BCUT2D eigenvalue weighted by atomic mass is 10.4. The minimum absolute atomic E-state index is 0.206. The maximum Gasteiger partial charge on any atom is 0.294 e. The van der Waals surface area contributed by atoms with E-state index >= 15 is 0 Å². The number of aliphatic hydroxyl groups is 1. The first-order chi connectivity index (χ1) is 3.68. The zero-order chi connectivity index (χ0) is 6.57. The quantitative estimate of drug-likeness (QED) is 0.362. The molecule has 0 aromatic heterocycles. The summed E-state index contributed by atoms with van der Waals surface area (Å²) in [7, 11) is 0. The second-order valence-corrected chi connectivity index (χ2v) is 1.44. The third-order valence-corrected chi connectivity index (χ3v) is 0.688. The van der Waals surface area contributed by atoms with Crippen LogP contribution in [0.5, 0.6) is 0 Å². The van der Waals surface area contributed by atoms with Crippen LogP contribution in [0.15, 0.2) is 0 Å². The Morgan fingerprint density at radius 1 is 1.88 bits per heavy atom. The van der Waals surface area contributed by atoms with Crippen molar-refractivity contribution in [3.8, 4) is 0 Å². The Labute approximate surface area is 47.2 Å². The number of carbonyl (C=O) groups is 1. The molecule has 8 heavy (non-hydrogen) atoms. The van der Waals surface area contributed by atoms with E-state index < -0.39 is 12.3 Å². The summed E-state index contributed by atoms with van der Waals surface area (Å²) >= 11 is 0. The number of ether oxygens (including phenoxy) is 1. The molecule has 0 aliphatic carbocycles. The highest BCUT2D eigenvalue weighted by atomic mass is 16.5. The van der Waals surface area contributed by atoms with E-state index in [1.54, 1.807) is 0 Å². The van der Waals surface area contributed by atoms with Crippen LogP contribution < -0.4 is 5.73 Å². The summed E-state index contributed by atoms with van der Waals surface area (Å²) in [6.45, 7) is 1.64. The lowest BCUT2D eigenvalue weighted by molar-refractivity contribution is -0.138. The molecule has 0 fully saturated rings. The van der Waals surface area contributed by atoms with Crippen molar-refractivity contribution in [3.05, 3.63) is 0 Å². The van der Waals surface area contributed by atoms with Gasteiger partial charge in [-0.25, -0.2) is 0 Å². The van der Waals surface area contributed by atoms with Crippen molar-refractivity contribution < 1.29 is 14.6 Å². The first-order valence-corrected chi connectivity index (χ1v) is 2.21. The van der Waals surface area contributed by atoms with Crippen molar-refractivity contribution >= 4 is 6.47 Å². The Bertz CT molecular complexity index is 73.7. The van der Waals surface area contributed by atoms with Gasteiger partial charge in [-0.1, -0.05) is 0 Å². The van der Waals surface area contributed by atoms with Crippen LogP contribution in [0.1, 0.15) is 6.92 Å². The molecule has 0 aliphatic rings. The van der Waals surface area contributed by atoms with Gasteiger partial charge in [0.05, 0.1) is 0 Å². The van der Waals surface area contributed by atoms with Crippen LogP contribution in [0.25, 0.3) is 0 Å². The van der Waals surface area contributed by atoms with E-state index in [0.29, 0.717) is 0 Å². The minimum atomic E-state index is -0.896. The maximum atomic E-state index is 9.51. The van der Waals surface area contributed by atoms with Gasteiger partial charge in [0.15, 0.2) is 6.23 Å². The third kappa shape index (κ3) is 2.54. The van der Waals surface area contributed by atoms with Crippen molar-refractivity contribution in [1.29, 1.82) is 0 Å². The summed E-state index contributed by atoms with van der Waals surface area (Å²) in [5.41, 5.74) is 5.02. The molecule has 48 valence electrons. The molecule has 0 aromatic carbocycles. The van der Waals surface area contributed by atoms with Crippen LogP contribution in [-0.2, 0) is 9.53 Å². The van der Waals surface area contributed by atoms with Gasteiger partial charge in [0.2, 0.25) is 0 Å². The van der Waals surface area contributed by atoms with Crippen LogP contribution in [0.4, 0.5) is 0 Å². The van der Waals surface area contributed by atoms with E-state index in [1.165, 1.54) is 6.92 Å². The Hall–Kier alpha value is -0.610. The Morgan fingerprint density at radius 3 is 2.50 bits per heavy atom. The smallest absolute Gasteiger partial charge is 0.294 e.